The van der Waals surface area contributed by atoms with Crippen molar-refractivity contribution in [3.05, 3.63) is 47.0 Å². The van der Waals surface area contributed by atoms with Gasteiger partial charge in [0.25, 0.3) is 5.91 Å². The fourth-order valence-corrected chi connectivity index (χ4v) is 1.89. The highest BCUT2D eigenvalue weighted by Gasteiger charge is 2.12. The second kappa shape index (κ2) is 4.59. The highest BCUT2D eigenvalue weighted by Crippen LogP contribution is 2.21. The lowest BCUT2D eigenvalue weighted by Crippen LogP contribution is -2.15. The molecular weight excluding hydrogens is 238 g/mol. The van der Waals surface area contributed by atoms with Crippen LogP contribution in [0.3, 0.4) is 0 Å². The van der Waals surface area contributed by atoms with E-state index in [2.05, 4.69) is 4.98 Å². The lowest BCUT2D eigenvalue weighted by atomic mass is 10.1. The number of amides is 1. The minimum atomic E-state index is -0.479. The number of primary amides is 1. The van der Waals surface area contributed by atoms with Crippen molar-refractivity contribution in [3.8, 4) is 5.69 Å². The van der Waals surface area contributed by atoms with E-state index < -0.39 is 5.91 Å². The quantitative estimate of drug-likeness (QED) is 0.906. The molecular formula is C12H12ClN3O. The van der Waals surface area contributed by atoms with E-state index in [-0.39, 0.29) is 0 Å². The largest absolute Gasteiger partial charge is 0.366 e. The van der Waals surface area contributed by atoms with Crippen LogP contribution in [0.2, 0.25) is 5.02 Å². The van der Waals surface area contributed by atoms with Gasteiger partial charge in [-0.1, -0.05) is 18.5 Å². The van der Waals surface area contributed by atoms with Gasteiger partial charge in [0.1, 0.15) is 5.82 Å². The first-order valence-electron chi connectivity index (χ1n) is 5.25. The minimum Gasteiger partial charge on any atom is -0.366 e. The molecule has 2 rings (SSSR count). The second-order valence-corrected chi connectivity index (χ2v) is 4.03. The summed E-state index contributed by atoms with van der Waals surface area (Å²) < 4.78 is 1.83. The molecule has 0 saturated heterocycles. The van der Waals surface area contributed by atoms with Crippen LogP contribution in [0, 0.1) is 0 Å². The molecule has 1 aromatic heterocycles. The Morgan fingerprint density at radius 3 is 2.94 bits per heavy atom. The molecule has 0 aliphatic carbocycles. The van der Waals surface area contributed by atoms with Crippen LogP contribution in [0.15, 0.2) is 30.6 Å². The third kappa shape index (κ3) is 2.17. The van der Waals surface area contributed by atoms with Gasteiger partial charge in [-0.25, -0.2) is 4.98 Å². The standard InChI is InChI=1S/C12H12ClN3O/c1-2-11-15-5-6-16(11)10-7-8(13)3-4-9(10)12(14)17/h3-7H,2H2,1H3,(H2,14,17). The molecule has 17 heavy (non-hydrogen) atoms. The molecule has 0 fully saturated rings. The maximum atomic E-state index is 11.4. The molecule has 88 valence electrons. The third-order valence-corrected chi connectivity index (χ3v) is 2.75. The van der Waals surface area contributed by atoms with Gasteiger partial charge >= 0.3 is 0 Å². The highest BCUT2D eigenvalue weighted by molar-refractivity contribution is 6.31. The van der Waals surface area contributed by atoms with E-state index in [9.17, 15) is 4.79 Å². The predicted molar refractivity (Wildman–Crippen MR) is 66.5 cm³/mol. The van der Waals surface area contributed by atoms with Crippen LogP contribution in [0.25, 0.3) is 5.69 Å². The summed E-state index contributed by atoms with van der Waals surface area (Å²) >= 11 is 5.95. The number of carbonyl (C=O) groups excluding carboxylic acids is 1. The number of rotatable bonds is 3. The topological polar surface area (TPSA) is 60.9 Å². The molecule has 4 nitrogen and oxygen atoms in total. The van der Waals surface area contributed by atoms with E-state index in [0.29, 0.717) is 16.3 Å². The van der Waals surface area contributed by atoms with Gasteiger partial charge < -0.3 is 10.3 Å². The molecule has 0 saturated carbocycles. The SMILES string of the molecule is CCc1nccn1-c1cc(Cl)ccc1C(N)=O. The van der Waals surface area contributed by atoms with Gasteiger partial charge in [-0.2, -0.15) is 0 Å². The molecule has 0 spiro atoms. The number of aryl methyl sites for hydroxylation is 1. The Labute approximate surface area is 104 Å². The smallest absolute Gasteiger partial charge is 0.250 e. The van der Waals surface area contributed by atoms with Crippen LogP contribution >= 0.6 is 11.6 Å². The lowest BCUT2D eigenvalue weighted by Gasteiger charge is -2.10. The van der Waals surface area contributed by atoms with Gasteiger partial charge in [-0.05, 0) is 18.2 Å². The van der Waals surface area contributed by atoms with Gasteiger partial charge in [0.2, 0.25) is 0 Å². The fourth-order valence-electron chi connectivity index (χ4n) is 1.73. The Balaban J connectivity index is 2.65. The number of nitrogens with two attached hydrogens (primary N) is 1. The van der Waals surface area contributed by atoms with E-state index in [1.165, 1.54) is 0 Å². The van der Waals surface area contributed by atoms with Gasteiger partial charge in [-0.3, -0.25) is 4.79 Å². The van der Waals surface area contributed by atoms with Crippen molar-refractivity contribution < 1.29 is 4.79 Å². The lowest BCUT2D eigenvalue weighted by molar-refractivity contribution is 0.100. The van der Waals surface area contributed by atoms with Crippen molar-refractivity contribution in [3.63, 3.8) is 0 Å². The summed E-state index contributed by atoms with van der Waals surface area (Å²) in [5.74, 6) is 0.377. The number of imidazole rings is 1. The van der Waals surface area contributed by atoms with E-state index in [1.54, 1.807) is 30.6 Å². The van der Waals surface area contributed by atoms with Crippen molar-refractivity contribution >= 4 is 17.5 Å². The first-order valence-corrected chi connectivity index (χ1v) is 5.63. The molecule has 0 bridgehead atoms. The molecule has 1 amide bonds. The summed E-state index contributed by atoms with van der Waals surface area (Å²) in [4.78, 5) is 15.6. The number of nitrogens with zero attached hydrogens (tertiary/aromatic N) is 2. The zero-order chi connectivity index (χ0) is 12.4. The molecule has 5 heteroatoms. The van der Waals surface area contributed by atoms with Crippen LogP contribution in [-0.2, 0) is 6.42 Å². The minimum absolute atomic E-state index is 0.433. The Morgan fingerprint density at radius 1 is 1.53 bits per heavy atom. The molecule has 0 atom stereocenters. The number of benzene rings is 1. The first kappa shape index (κ1) is 11.7. The molecule has 1 aromatic carbocycles. The summed E-state index contributed by atoms with van der Waals surface area (Å²) in [5, 5.41) is 0.556. The van der Waals surface area contributed by atoms with Crippen molar-refractivity contribution in [1.29, 1.82) is 0 Å². The van der Waals surface area contributed by atoms with Gasteiger partial charge in [0, 0.05) is 23.8 Å². The van der Waals surface area contributed by atoms with Crippen LogP contribution in [-0.4, -0.2) is 15.5 Å². The molecule has 0 aliphatic rings. The Hall–Kier alpha value is -1.81. The van der Waals surface area contributed by atoms with Crippen LogP contribution in [0.4, 0.5) is 0 Å². The average molecular weight is 250 g/mol. The Morgan fingerprint density at radius 2 is 2.29 bits per heavy atom. The second-order valence-electron chi connectivity index (χ2n) is 3.59. The molecule has 0 unspecified atom stereocenters. The van der Waals surface area contributed by atoms with Crippen molar-refractivity contribution in [2.75, 3.05) is 0 Å². The zero-order valence-corrected chi connectivity index (χ0v) is 10.1. The first-order chi connectivity index (χ1) is 8.13. The third-order valence-electron chi connectivity index (χ3n) is 2.52. The van der Waals surface area contributed by atoms with Gasteiger partial charge in [0.05, 0.1) is 11.3 Å². The van der Waals surface area contributed by atoms with E-state index in [1.807, 2.05) is 11.5 Å². The maximum absolute atomic E-state index is 11.4. The average Bonchev–Trinajstić information content (AvgIpc) is 2.76. The Kier molecular flexibility index (Phi) is 3.15. The number of carbonyl (C=O) groups is 1. The number of hydrogen-bond donors (Lipinski definition) is 1. The fraction of sp³-hybridized carbons (Fsp3) is 0.167. The normalized spacial score (nSPS) is 10.5. The number of halogens is 1. The summed E-state index contributed by atoms with van der Waals surface area (Å²) in [6.07, 6.45) is 4.24. The monoisotopic (exact) mass is 249 g/mol. The zero-order valence-electron chi connectivity index (χ0n) is 9.35. The number of aromatic nitrogens is 2. The van der Waals surface area contributed by atoms with Crippen LogP contribution in [0.1, 0.15) is 23.1 Å². The highest BCUT2D eigenvalue weighted by atomic mass is 35.5. The van der Waals surface area contributed by atoms with E-state index >= 15 is 0 Å². The Bertz CT molecular complexity index is 563. The molecule has 2 N–H and O–H groups in total. The maximum Gasteiger partial charge on any atom is 0.250 e. The summed E-state index contributed by atoms with van der Waals surface area (Å²) in [7, 11) is 0. The summed E-state index contributed by atoms with van der Waals surface area (Å²) in [6, 6.07) is 4.98. The predicted octanol–water partition coefficient (Wildman–Crippen LogP) is 2.19. The summed E-state index contributed by atoms with van der Waals surface area (Å²) in [6.45, 7) is 1.99. The van der Waals surface area contributed by atoms with Crippen molar-refractivity contribution in [1.82, 2.24) is 9.55 Å². The molecule has 1 heterocycles. The van der Waals surface area contributed by atoms with Gasteiger partial charge in [0.15, 0.2) is 0 Å². The summed E-state index contributed by atoms with van der Waals surface area (Å²) in [5.41, 5.74) is 6.45. The number of hydrogen-bond acceptors (Lipinski definition) is 2. The molecule has 0 radical (unpaired) electrons. The van der Waals surface area contributed by atoms with Crippen LogP contribution < -0.4 is 5.73 Å². The van der Waals surface area contributed by atoms with Crippen molar-refractivity contribution in [2.24, 2.45) is 5.73 Å². The van der Waals surface area contributed by atoms with Crippen molar-refractivity contribution in [2.45, 2.75) is 13.3 Å². The van der Waals surface area contributed by atoms with E-state index in [0.717, 1.165) is 12.2 Å². The van der Waals surface area contributed by atoms with Crippen LogP contribution in [0.5, 0.6) is 0 Å². The van der Waals surface area contributed by atoms with Gasteiger partial charge in [-0.15, -0.1) is 0 Å². The van der Waals surface area contributed by atoms with E-state index in [4.69, 9.17) is 17.3 Å². The molecule has 0 aliphatic heterocycles. The molecule has 2 aromatic rings.